The zero-order valence-electron chi connectivity index (χ0n) is 28.3. The Morgan fingerprint density at radius 1 is 0.939 bits per heavy atom. The molecule has 5 rings (SSSR count). The van der Waals surface area contributed by atoms with Crippen LogP contribution in [0.4, 0.5) is 10.5 Å². The lowest BCUT2D eigenvalue weighted by Crippen LogP contribution is -2.48. The number of imidazole rings is 1. The van der Waals surface area contributed by atoms with Gasteiger partial charge in [0.1, 0.15) is 6.04 Å². The van der Waals surface area contributed by atoms with Crippen LogP contribution in [0, 0.1) is 18.8 Å². The minimum absolute atomic E-state index is 0.0387. The lowest BCUT2D eigenvalue weighted by atomic mass is 9.81. The minimum atomic E-state index is -1.06. The van der Waals surface area contributed by atoms with E-state index in [9.17, 15) is 24.0 Å². The number of hydrogen-bond acceptors (Lipinski definition) is 5. The Hall–Kier alpha value is -5.39. The van der Waals surface area contributed by atoms with Crippen molar-refractivity contribution in [3.63, 3.8) is 0 Å². The van der Waals surface area contributed by atoms with Gasteiger partial charge in [0, 0.05) is 43.2 Å². The predicted octanol–water partition coefficient (Wildman–Crippen LogP) is 4.72. The molecule has 4 amide bonds. The van der Waals surface area contributed by atoms with E-state index in [0.29, 0.717) is 41.7 Å². The van der Waals surface area contributed by atoms with E-state index in [4.69, 9.17) is 5.11 Å². The Bertz CT molecular complexity index is 1900. The number of benzene rings is 3. The number of carbonyl (C=O) groups excluding carboxylic acids is 3. The second-order valence-electron chi connectivity index (χ2n) is 13.2. The number of amides is 4. The summed E-state index contributed by atoms with van der Waals surface area (Å²) in [5, 5.41) is 20.2. The number of nitrogens with one attached hydrogen (secondary N) is 5. The van der Waals surface area contributed by atoms with Crippen LogP contribution in [0.1, 0.15) is 61.0 Å². The quantitative estimate of drug-likeness (QED) is 0.135. The minimum Gasteiger partial charge on any atom is -0.465 e. The highest BCUT2D eigenvalue weighted by molar-refractivity contribution is 5.99. The molecule has 0 bridgehead atoms. The van der Waals surface area contributed by atoms with E-state index in [-0.39, 0.29) is 47.7 Å². The molecule has 3 aromatic carbocycles. The first-order chi connectivity index (χ1) is 23.4. The van der Waals surface area contributed by atoms with Crippen molar-refractivity contribution in [1.82, 2.24) is 25.5 Å². The molecule has 1 saturated carbocycles. The fraction of sp³-hybridized carbons (Fsp3) is 0.378. The molecule has 4 aromatic rings. The molecular formula is C37H44N6O6. The third-order valence-electron chi connectivity index (χ3n) is 9.18. The van der Waals surface area contributed by atoms with E-state index in [0.717, 1.165) is 35.1 Å². The van der Waals surface area contributed by atoms with Gasteiger partial charge in [-0.05, 0) is 105 Å². The van der Waals surface area contributed by atoms with E-state index < -0.39 is 12.1 Å². The Balaban J connectivity index is 1.31. The number of aromatic amines is 1. The zero-order valence-corrected chi connectivity index (χ0v) is 28.3. The van der Waals surface area contributed by atoms with Gasteiger partial charge in [0.05, 0.1) is 11.0 Å². The number of nitrogens with zero attached hydrogens (tertiary/aromatic N) is 1. The first-order valence-corrected chi connectivity index (χ1v) is 16.7. The second kappa shape index (κ2) is 15.2. The van der Waals surface area contributed by atoms with Gasteiger partial charge >= 0.3 is 11.8 Å². The van der Waals surface area contributed by atoms with Crippen LogP contribution in [0.3, 0.4) is 0 Å². The fourth-order valence-corrected chi connectivity index (χ4v) is 6.43. The van der Waals surface area contributed by atoms with Gasteiger partial charge in [0.15, 0.2) is 0 Å². The molecule has 0 aliphatic heterocycles. The Morgan fingerprint density at radius 2 is 1.65 bits per heavy atom. The molecule has 1 atom stereocenters. The molecule has 1 aliphatic rings. The molecule has 0 radical (unpaired) electrons. The average molecular weight is 669 g/mol. The summed E-state index contributed by atoms with van der Waals surface area (Å²) in [6, 6.07) is 17.7. The molecule has 49 heavy (non-hydrogen) atoms. The van der Waals surface area contributed by atoms with Crippen LogP contribution in [-0.2, 0) is 23.1 Å². The molecular weight excluding hydrogens is 624 g/mol. The lowest BCUT2D eigenvalue weighted by Gasteiger charge is -2.29. The SMILES string of the molecule is Cc1cc(C(=O)NC(C)C)ccc1-c1ccc(C[C@H](NC(=O)C2CCC(CNC(=O)O)CC2)C(=O)Nc2ccc3c(c2)[nH]c(=O)n3C)cc1. The topological polar surface area (TPSA) is 174 Å². The summed E-state index contributed by atoms with van der Waals surface area (Å²) in [5.74, 6) is -0.819. The molecule has 0 spiro atoms. The van der Waals surface area contributed by atoms with Gasteiger partial charge in [-0.2, -0.15) is 0 Å². The van der Waals surface area contributed by atoms with Gasteiger partial charge in [-0.15, -0.1) is 0 Å². The molecule has 6 N–H and O–H groups in total. The number of carboxylic acid groups (broad SMARTS) is 1. The van der Waals surface area contributed by atoms with Crippen molar-refractivity contribution in [2.24, 2.45) is 18.9 Å². The Labute approximate surface area is 284 Å². The number of carbonyl (C=O) groups is 4. The molecule has 1 aromatic heterocycles. The normalized spacial score (nSPS) is 16.6. The highest BCUT2D eigenvalue weighted by Crippen LogP contribution is 2.29. The van der Waals surface area contributed by atoms with Crippen LogP contribution in [0.5, 0.6) is 0 Å². The maximum Gasteiger partial charge on any atom is 0.404 e. The molecule has 1 heterocycles. The monoisotopic (exact) mass is 668 g/mol. The van der Waals surface area contributed by atoms with Crippen molar-refractivity contribution in [3.8, 4) is 11.1 Å². The summed E-state index contributed by atoms with van der Waals surface area (Å²) in [6.45, 7) is 6.16. The van der Waals surface area contributed by atoms with Gasteiger partial charge in [0.25, 0.3) is 5.91 Å². The van der Waals surface area contributed by atoms with Crippen LogP contribution < -0.4 is 27.0 Å². The van der Waals surface area contributed by atoms with E-state index >= 15 is 0 Å². The smallest absolute Gasteiger partial charge is 0.404 e. The Kier molecular flexibility index (Phi) is 10.9. The fourth-order valence-electron chi connectivity index (χ4n) is 6.43. The maximum absolute atomic E-state index is 13.7. The van der Waals surface area contributed by atoms with Crippen molar-refractivity contribution in [2.45, 2.75) is 65.0 Å². The van der Waals surface area contributed by atoms with E-state index in [1.807, 2.05) is 63.2 Å². The Morgan fingerprint density at radius 3 is 2.31 bits per heavy atom. The highest BCUT2D eigenvalue weighted by atomic mass is 16.4. The third-order valence-corrected chi connectivity index (χ3v) is 9.18. The first kappa shape index (κ1) is 34.9. The first-order valence-electron chi connectivity index (χ1n) is 16.7. The van der Waals surface area contributed by atoms with Gasteiger partial charge in [-0.25, -0.2) is 9.59 Å². The van der Waals surface area contributed by atoms with Gasteiger partial charge in [0.2, 0.25) is 11.8 Å². The van der Waals surface area contributed by atoms with Gasteiger partial charge in [-0.3, -0.25) is 19.0 Å². The number of rotatable bonds is 11. The van der Waals surface area contributed by atoms with E-state index in [1.54, 1.807) is 25.2 Å². The summed E-state index contributed by atoms with van der Waals surface area (Å²) in [7, 11) is 1.66. The largest absolute Gasteiger partial charge is 0.465 e. The second-order valence-corrected chi connectivity index (χ2v) is 13.2. The van der Waals surface area contributed by atoms with Crippen molar-refractivity contribution < 1.29 is 24.3 Å². The molecule has 1 fully saturated rings. The number of aromatic nitrogens is 2. The van der Waals surface area contributed by atoms with Crippen molar-refractivity contribution in [2.75, 3.05) is 11.9 Å². The summed E-state index contributed by atoms with van der Waals surface area (Å²) >= 11 is 0. The predicted molar refractivity (Wildman–Crippen MR) is 188 cm³/mol. The molecule has 0 saturated heterocycles. The molecule has 1 aliphatic carbocycles. The van der Waals surface area contributed by atoms with Gasteiger partial charge < -0.3 is 31.4 Å². The van der Waals surface area contributed by atoms with Crippen LogP contribution in [0.25, 0.3) is 22.2 Å². The van der Waals surface area contributed by atoms with Crippen LogP contribution in [0.15, 0.2) is 65.5 Å². The van der Waals surface area contributed by atoms with E-state index in [1.165, 1.54) is 4.57 Å². The van der Waals surface area contributed by atoms with Gasteiger partial charge in [-0.1, -0.05) is 30.3 Å². The van der Waals surface area contributed by atoms with Crippen LogP contribution in [0.2, 0.25) is 0 Å². The number of anilines is 1. The molecule has 258 valence electrons. The average Bonchev–Trinajstić information content (AvgIpc) is 3.35. The zero-order chi connectivity index (χ0) is 35.2. The number of aryl methyl sites for hydroxylation is 2. The summed E-state index contributed by atoms with van der Waals surface area (Å²) in [4.78, 5) is 65.4. The van der Waals surface area contributed by atoms with E-state index in [2.05, 4.69) is 26.3 Å². The van der Waals surface area contributed by atoms with Crippen molar-refractivity contribution in [3.05, 3.63) is 87.8 Å². The summed E-state index contributed by atoms with van der Waals surface area (Å²) < 4.78 is 1.49. The summed E-state index contributed by atoms with van der Waals surface area (Å²) in [5.41, 5.74) is 5.86. The number of fused-ring (bicyclic) bond motifs is 1. The molecule has 12 nitrogen and oxygen atoms in total. The van der Waals surface area contributed by atoms with Crippen LogP contribution in [-0.4, -0.2) is 57.1 Å². The number of H-pyrrole nitrogens is 1. The summed E-state index contributed by atoms with van der Waals surface area (Å²) in [6.07, 6.45) is 1.84. The van der Waals surface area contributed by atoms with Crippen LogP contribution >= 0.6 is 0 Å². The molecule has 12 heteroatoms. The standard InChI is InChI=1S/C37H44N6O6/c1-21(2)39-34(45)27-13-15-29(22(3)17-27)25-9-5-23(6-10-25)18-31(41-33(44)26-11-7-24(8-12-26)20-38-37(48)49)35(46)40-28-14-16-32-30(19-28)42-36(47)43(32)4/h5-6,9-10,13-17,19,21,24,26,31,38H,7-8,11-12,18,20H2,1-4H3,(H,39,45)(H,40,46)(H,41,44)(H,42,47)(H,48,49)/t24?,26?,31-/m0/s1. The van der Waals surface area contributed by atoms with Crippen molar-refractivity contribution in [1.29, 1.82) is 0 Å². The lowest BCUT2D eigenvalue weighted by molar-refractivity contribution is -0.130. The maximum atomic E-state index is 13.7. The van der Waals surface area contributed by atoms with Crippen molar-refractivity contribution >= 4 is 40.5 Å². The highest BCUT2D eigenvalue weighted by Gasteiger charge is 2.30. The third kappa shape index (κ3) is 8.75. The number of hydrogen-bond donors (Lipinski definition) is 6. The molecule has 0 unspecified atom stereocenters.